The number of aryl methyl sites for hydroxylation is 2. The minimum Gasteiger partial charge on any atom is -0.299 e. The van der Waals surface area contributed by atoms with Crippen LogP contribution in [0.5, 0.6) is 0 Å². The van der Waals surface area contributed by atoms with Crippen molar-refractivity contribution in [3.8, 4) is 0 Å². The first-order chi connectivity index (χ1) is 10.0. The maximum absolute atomic E-state index is 12.4. The molecule has 1 heteroatoms. The van der Waals surface area contributed by atoms with Gasteiger partial charge in [0.05, 0.1) is 0 Å². The number of Topliss-reactive ketones (excluding diaryl/α,β-unsaturated/α-hetero) is 1. The van der Waals surface area contributed by atoms with E-state index in [0.29, 0.717) is 11.7 Å². The summed E-state index contributed by atoms with van der Waals surface area (Å²) in [5.74, 6) is 1.22. The summed E-state index contributed by atoms with van der Waals surface area (Å²) in [6, 6.07) is 8.73. The summed E-state index contributed by atoms with van der Waals surface area (Å²) in [6.07, 6.45) is 7.52. The molecule has 0 fully saturated rings. The molecule has 0 aliphatic rings. The lowest BCUT2D eigenvalue weighted by Crippen LogP contribution is -2.17. The molecule has 1 unspecified atom stereocenters. The molecule has 1 nitrogen and oxygen atoms in total. The second-order valence-corrected chi connectivity index (χ2v) is 6.78. The zero-order chi connectivity index (χ0) is 15.7. The molecule has 0 amide bonds. The fourth-order valence-electron chi connectivity index (χ4n) is 2.77. The van der Waals surface area contributed by atoms with Gasteiger partial charge in [-0.2, -0.15) is 0 Å². The smallest absolute Gasteiger partial charge is 0.136 e. The third-order valence-electron chi connectivity index (χ3n) is 4.12. The van der Waals surface area contributed by atoms with E-state index < -0.39 is 0 Å². The fourth-order valence-corrected chi connectivity index (χ4v) is 2.77. The summed E-state index contributed by atoms with van der Waals surface area (Å²) in [5, 5.41) is 0. The average molecular weight is 288 g/mol. The third-order valence-corrected chi connectivity index (χ3v) is 4.12. The van der Waals surface area contributed by atoms with Crippen molar-refractivity contribution < 1.29 is 4.79 Å². The zero-order valence-corrected chi connectivity index (χ0v) is 14.3. The molecule has 0 aromatic heterocycles. The number of unbranched alkanes of at least 4 members (excludes halogenated alkanes) is 2. The largest absolute Gasteiger partial charge is 0.299 e. The van der Waals surface area contributed by atoms with E-state index in [1.54, 1.807) is 0 Å². The van der Waals surface area contributed by atoms with E-state index >= 15 is 0 Å². The van der Waals surface area contributed by atoms with Crippen LogP contribution in [-0.2, 0) is 11.2 Å². The SMILES string of the molecule is CCCCCC(CCc1ccc(C)cc1)C(=O)CC(C)C. The van der Waals surface area contributed by atoms with E-state index in [0.717, 1.165) is 25.7 Å². The minimum absolute atomic E-state index is 0.264. The van der Waals surface area contributed by atoms with Crippen molar-refractivity contribution in [2.75, 3.05) is 0 Å². The summed E-state index contributed by atoms with van der Waals surface area (Å²) in [7, 11) is 0. The number of rotatable bonds is 10. The molecule has 0 heterocycles. The Morgan fingerprint density at radius 2 is 1.71 bits per heavy atom. The van der Waals surface area contributed by atoms with Crippen LogP contribution in [0.15, 0.2) is 24.3 Å². The van der Waals surface area contributed by atoms with Crippen molar-refractivity contribution in [2.24, 2.45) is 11.8 Å². The Balaban J connectivity index is 2.54. The molecule has 0 spiro atoms. The van der Waals surface area contributed by atoms with Crippen LogP contribution >= 0.6 is 0 Å². The van der Waals surface area contributed by atoms with Crippen molar-refractivity contribution >= 4 is 5.78 Å². The Bertz CT molecular complexity index is 402. The van der Waals surface area contributed by atoms with Crippen molar-refractivity contribution in [3.05, 3.63) is 35.4 Å². The molecule has 1 rings (SSSR count). The number of hydrogen-bond donors (Lipinski definition) is 0. The van der Waals surface area contributed by atoms with E-state index in [2.05, 4.69) is 52.0 Å². The normalized spacial score (nSPS) is 12.6. The summed E-state index contributed by atoms with van der Waals surface area (Å²) < 4.78 is 0. The predicted molar refractivity (Wildman–Crippen MR) is 91.6 cm³/mol. The van der Waals surface area contributed by atoms with Gasteiger partial charge in [0, 0.05) is 12.3 Å². The van der Waals surface area contributed by atoms with Crippen LogP contribution in [-0.4, -0.2) is 5.78 Å². The molecule has 0 N–H and O–H groups in total. The van der Waals surface area contributed by atoms with E-state index in [4.69, 9.17) is 0 Å². The second-order valence-electron chi connectivity index (χ2n) is 6.78. The summed E-state index contributed by atoms with van der Waals surface area (Å²) in [4.78, 5) is 12.4. The molecule has 0 bridgehead atoms. The highest BCUT2D eigenvalue weighted by atomic mass is 16.1. The highest BCUT2D eigenvalue weighted by molar-refractivity contribution is 5.81. The molecular weight excluding hydrogens is 256 g/mol. The highest BCUT2D eigenvalue weighted by Gasteiger charge is 2.18. The Hall–Kier alpha value is -1.11. The number of benzene rings is 1. The van der Waals surface area contributed by atoms with Crippen LogP contribution < -0.4 is 0 Å². The van der Waals surface area contributed by atoms with Gasteiger partial charge in [0.25, 0.3) is 0 Å². The molecule has 21 heavy (non-hydrogen) atoms. The van der Waals surface area contributed by atoms with Gasteiger partial charge in [-0.3, -0.25) is 4.79 Å². The molecule has 0 aliphatic heterocycles. The molecule has 0 aliphatic carbocycles. The molecular formula is C20H32O. The van der Waals surface area contributed by atoms with Gasteiger partial charge in [-0.25, -0.2) is 0 Å². The molecule has 0 saturated heterocycles. The predicted octanol–water partition coefficient (Wildman–Crippen LogP) is 5.74. The topological polar surface area (TPSA) is 17.1 Å². The number of hydrogen-bond acceptors (Lipinski definition) is 1. The van der Waals surface area contributed by atoms with Crippen LogP contribution in [0.1, 0.15) is 70.4 Å². The van der Waals surface area contributed by atoms with Crippen LogP contribution in [0.3, 0.4) is 0 Å². The summed E-state index contributed by atoms with van der Waals surface area (Å²) >= 11 is 0. The maximum Gasteiger partial charge on any atom is 0.136 e. The molecule has 0 saturated carbocycles. The third kappa shape index (κ3) is 7.45. The molecule has 1 aromatic rings. The number of ketones is 1. The first-order valence-electron chi connectivity index (χ1n) is 8.61. The lowest BCUT2D eigenvalue weighted by Gasteiger charge is -2.17. The Morgan fingerprint density at radius 1 is 1.05 bits per heavy atom. The van der Waals surface area contributed by atoms with E-state index in [1.165, 1.54) is 30.4 Å². The van der Waals surface area contributed by atoms with Gasteiger partial charge in [0.1, 0.15) is 5.78 Å². The molecule has 0 radical (unpaired) electrons. The maximum atomic E-state index is 12.4. The Morgan fingerprint density at radius 3 is 2.29 bits per heavy atom. The number of carbonyl (C=O) groups is 1. The average Bonchev–Trinajstić information content (AvgIpc) is 2.43. The monoisotopic (exact) mass is 288 g/mol. The van der Waals surface area contributed by atoms with Crippen LogP contribution in [0.4, 0.5) is 0 Å². The minimum atomic E-state index is 0.264. The Kier molecular flexibility index (Phi) is 8.34. The van der Waals surface area contributed by atoms with Crippen molar-refractivity contribution in [1.29, 1.82) is 0 Å². The lowest BCUT2D eigenvalue weighted by molar-refractivity contribution is -0.124. The van der Waals surface area contributed by atoms with Crippen molar-refractivity contribution in [3.63, 3.8) is 0 Å². The zero-order valence-electron chi connectivity index (χ0n) is 14.3. The first kappa shape index (κ1) is 17.9. The lowest BCUT2D eigenvalue weighted by atomic mass is 9.87. The summed E-state index contributed by atoms with van der Waals surface area (Å²) in [5.41, 5.74) is 2.66. The highest BCUT2D eigenvalue weighted by Crippen LogP contribution is 2.21. The van der Waals surface area contributed by atoms with Crippen LogP contribution in [0, 0.1) is 18.8 Å². The quantitative estimate of drug-likeness (QED) is 0.502. The Labute approximate surface area is 131 Å². The van der Waals surface area contributed by atoms with Gasteiger partial charge in [-0.1, -0.05) is 69.9 Å². The van der Waals surface area contributed by atoms with Crippen LogP contribution in [0.25, 0.3) is 0 Å². The van der Waals surface area contributed by atoms with E-state index in [-0.39, 0.29) is 5.92 Å². The van der Waals surface area contributed by atoms with Crippen molar-refractivity contribution in [1.82, 2.24) is 0 Å². The van der Waals surface area contributed by atoms with Crippen LogP contribution in [0.2, 0.25) is 0 Å². The van der Waals surface area contributed by atoms with E-state index in [9.17, 15) is 4.79 Å². The molecule has 1 atom stereocenters. The second kappa shape index (κ2) is 9.76. The van der Waals surface area contributed by atoms with E-state index in [1.807, 2.05) is 0 Å². The standard InChI is InChI=1S/C20H32O/c1-5-6-7-8-19(20(21)15-16(2)3)14-13-18-11-9-17(4)10-12-18/h9-12,16,19H,5-8,13-15H2,1-4H3. The van der Waals surface area contributed by atoms with Gasteiger partial charge < -0.3 is 0 Å². The van der Waals surface area contributed by atoms with Gasteiger partial charge in [-0.05, 0) is 37.7 Å². The van der Waals surface area contributed by atoms with Gasteiger partial charge in [0.2, 0.25) is 0 Å². The summed E-state index contributed by atoms with van der Waals surface area (Å²) in [6.45, 7) is 8.61. The molecule has 1 aromatic carbocycles. The fraction of sp³-hybridized carbons (Fsp3) is 0.650. The van der Waals surface area contributed by atoms with Gasteiger partial charge in [-0.15, -0.1) is 0 Å². The van der Waals surface area contributed by atoms with Crippen molar-refractivity contribution in [2.45, 2.75) is 72.6 Å². The van der Waals surface area contributed by atoms with Gasteiger partial charge >= 0.3 is 0 Å². The van der Waals surface area contributed by atoms with Gasteiger partial charge in [0.15, 0.2) is 0 Å². The first-order valence-corrected chi connectivity index (χ1v) is 8.61. The molecule has 118 valence electrons. The number of carbonyl (C=O) groups excluding carboxylic acids is 1.